The van der Waals surface area contributed by atoms with Crippen LogP contribution in [0.25, 0.3) is 0 Å². The van der Waals surface area contributed by atoms with Crippen LogP contribution in [0.5, 0.6) is 5.75 Å². The number of pyridine rings is 1. The number of ether oxygens (including phenoxy) is 1. The molecule has 0 bridgehead atoms. The van der Waals surface area contributed by atoms with Gasteiger partial charge in [-0.3, -0.25) is 9.78 Å². The molecule has 0 unspecified atom stereocenters. The number of hydrogen-bond acceptors (Lipinski definition) is 3. The van der Waals surface area contributed by atoms with Crippen molar-refractivity contribution in [3.63, 3.8) is 0 Å². The van der Waals surface area contributed by atoms with Crippen LogP contribution in [0.2, 0.25) is 10.0 Å². The fourth-order valence-corrected chi connectivity index (χ4v) is 3.25. The number of aromatic nitrogens is 1. The van der Waals surface area contributed by atoms with Crippen LogP contribution in [0.15, 0.2) is 36.7 Å². The van der Waals surface area contributed by atoms with Gasteiger partial charge >= 0.3 is 0 Å². The molecule has 4 nitrogen and oxygen atoms in total. The smallest absolute Gasteiger partial charge is 0.255 e. The Morgan fingerprint density at radius 1 is 1.12 bits per heavy atom. The number of nitrogens with zero attached hydrogens (tertiary/aromatic N) is 2. The number of carbonyl (C=O) groups excluding carboxylic acids is 1. The quantitative estimate of drug-likeness (QED) is 0.796. The molecule has 1 aromatic carbocycles. The zero-order valence-corrected chi connectivity index (χ0v) is 14.7. The molecule has 2 heterocycles. The van der Waals surface area contributed by atoms with Crippen LogP contribution in [0.1, 0.15) is 35.2 Å². The average molecular weight is 365 g/mol. The Bertz CT molecular complexity index is 710. The molecule has 0 saturated carbocycles. The van der Waals surface area contributed by atoms with E-state index in [2.05, 4.69) is 4.98 Å². The van der Waals surface area contributed by atoms with Crippen LogP contribution in [-0.4, -0.2) is 28.9 Å². The molecule has 1 aromatic heterocycles. The molecule has 6 heteroatoms. The van der Waals surface area contributed by atoms with Gasteiger partial charge in [-0.2, -0.15) is 0 Å². The summed E-state index contributed by atoms with van der Waals surface area (Å²) in [6, 6.07) is 7.01. The van der Waals surface area contributed by atoms with Crippen molar-refractivity contribution >= 4 is 29.1 Å². The molecule has 0 spiro atoms. The third kappa shape index (κ3) is 4.00. The second-order valence-corrected chi connectivity index (χ2v) is 6.59. The second-order valence-electron chi connectivity index (χ2n) is 5.77. The SMILES string of the molecule is O=C(c1cncc(COc2c(Cl)cccc2Cl)c1)N1CCCCC1. The van der Waals surface area contributed by atoms with Crippen LogP contribution in [0.4, 0.5) is 0 Å². The molecule has 0 N–H and O–H groups in total. The summed E-state index contributed by atoms with van der Waals surface area (Å²) < 4.78 is 5.71. The van der Waals surface area contributed by atoms with Crippen molar-refractivity contribution in [2.24, 2.45) is 0 Å². The summed E-state index contributed by atoms with van der Waals surface area (Å²) in [5.41, 5.74) is 1.39. The third-order valence-electron chi connectivity index (χ3n) is 3.99. The fourth-order valence-electron chi connectivity index (χ4n) is 2.74. The number of halogens is 2. The van der Waals surface area contributed by atoms with Crippen molar-refractivity contribution in [1.29, 1.82) is 0 Å². The number of piperidine rings is 1. The van der Waals surface area contributed by atoms with Crippen molar-refractivity contribution in [3.05, 3.63) is 57.8 Å². The van der Waals surface area contributed by atoms with Crippen LogP contribution < -0.4 is 4.74 Å². The molecule has 2 aromatic rings. The maximum absolute atomic E-state index is 12.5. The number of rotatable bonds is 4. The molecule has 126 valence electrons. The molecule has 0 aliphatic carbocycles. The first kappa shape index (κ1) is 17.1. The summed E-state index contributed by atoms with van der Waals surface area (Å²) in [7, 11) is 0. The monoisotopic (exact) mass is 364 g/mol. The lowest BCUT2D eigenvalue weighted by Crippen LogP contribution is -2.35. The topological polar surface area (TPSA) is 42.4 Å². The van der Waals surface area contributed by atoms with E-state index in [0.717, 1.165) is 31.5 Å². The first-order valence-corrected chi connectivity index (χ1v) is 8.71. The maximum atomic E-state index is 12.5. The molecule has 1 aliphatic rings. The number of amides is 1. The minimum Gasteiger partial charge on any atom is -0.486 e. The van der Waals surface area contributed by atoms with E-state index in [1.54, 1.807) is 30.6 Å². The van der Waals surface area contributed by atoms with Gasteiger partial charge in [-0.25, -0.2) is 0 Å². The van der Waals surface area contributed by atoms with E-state index < -0.39 is 0 Å². The van der Waals surface area contributed by atoms with Gasteiger partial charge in [0, 0.05) is 31.0 Å². The Morgan fingerprint density at radius 3 is 2.54 bits per heavy atom. The summed E-state index contributed by atoms with van der Waals surface area (Å²) in [5.74, 6) is 0.466. The molecule has 1 saturated heterocycles. The Labute approximate surface area is 151 Å². The zero-order chi connectivity index (χ0) is 16.9. The summed E-state index contributed by atoms with van der Waals surface area (Å²) >= 11 is 12.2. The highest BCUT2D eigenvalue weighted by Gasteiger charge is 2.18. The van der Waals surface area contributed by atoms with Crippen molar-refractivity contribution in [2.45, 2.75) is 25.9 Å². The first-order chi connectivity index (χ1) is 11.6. The average Bonchev–Trinajstić information content (AvgIpc) is 2.62. The van der Waals surface area contributed by atoms with E-state index in [0.29, 0.717) is 21.4 Å². The lowest BCUT2D eigenvalue weighted by molar-refractivity contribution is 0.0723. The van der Waals surface area contributed by atoms with E-state index in [4.69, 9.17) is 27.9 Å². The van der Waals surface area contributed by atoms with Crippen LogP contribution >= 0.6 is 23.2 Å². The lowest BCUT2D eigenvalue weighted by Gasteiger charge is -2.26. The highest BCUT2D eigenvalue weighted by molar-refractivity contribution is 6.37. The first-order valence-electron chi connectivity index (χ1n) is 7.95. The van der Waals surface area contributed by atoms with Gasteiger partial charge in [0.1, 0.15) is 6.61 Å². The standard InChI is InChI=1S/C18H18Cl2N2O2/c19-15-5-4-6-16(20)17(15)24-12-13-9-14(11-21-10-13)18(23)22-7-2-1-3-8-22/h4-6,9-11H,1-3,7-8,12H2. The van der Waals surface area contributed by atoms with Crippen LogP contribution in [0.3, 0.4) is 0 Å². The normalized spacial score (nSPS) is 14.5. The molecule has 3 rings (SSSR count). The van der Waals surface area contributed by atoms with Gasteiger partial charge < -0.3 is 9.64 Å². The highest BCUT2D eigenvalue weighted by Crippen LogP contribution is 2.32. The highest BCUT2D eigenvalue weighted by atomic mass is 35.5. The number of benzene rings is 1. The van der Waals surface area contributed by atoms with Gasteiger partial charge in [0.05, 0.1) is 15.6 Å². The number of likely N-dealkylation sites (tertiary alicyclic amines) is 1. The Balaban J connectivity index is 1.70. The van der Waals surface area contributed by atoms with Crippen molar-refractivity contribution < 1.29 is 9.53 Å². The predicted octanol–water partition coefficient (Wildman–Crippen LogP) is 4.59. The van der Waals surface area contributed by atoms with Crippen molar-refractivity contribution in [1.82, 2.24) is 9.88 Å². The Hall–Kier alpha value is -1.78. The molecule has 1 fully saturated rings. The van der Waals surface area contributed by atoms with E-state index in [1.165, 1.54) is 6.42 Å². The van der Waals surface area contributed by atoms with Gasteiger partial charge in [0.25, 0.3) is 5.91 Å². The third-order valence-corrected chi connectivity index (χ3v) is 4.58. The van der Waals surface area contributed by atoms with E-state index >= 15 is 0 Å². The van der Waals surface area contributed by atoms with E-state index in [-0.39, 0.29) is 12.5 Å². The van der Waals surface area contributed by atoms with Crippen LogP contribution in [0, 0.1) is 0 Å². The number of hydrogen-bond donors (Lipinski definition) is 0. The van der Waals surface area contributed by atoms with Gasteiger partial charge in [0.2, 0.25) is 0 Å². The summed E-state index contributed by atoms with van der Waals surface area (Å²) in [6.45, 7) is 1.88. The van der Waals surface area contributed by atoms with Gasteiger partial charge in [-0.1, -0.05) is 29.3 Å². The van der Waals surface area contributed by atoms with E-state index in [1.807, 2.05) is 11.0 Å². The molecule has 24 heavy (non-hydrogen) atoms. The van der Waals surface area contributed by atoms with Crippen LogP contribution in [-0.2, 0) is 6.61 Å². The largest absolute Gasteiger partial charge is 0.486 e. The fraction of sp³-hybridized carbons (Fsp3) is 0.333. The van der Waals surface area contributed by atoms with Gasteiger partial charge in [-0.15, -0.1) is 0 Å². The van der Waals surface area contributed by atoms with Gasteiger partial charge in [-0.05, 0) is 37.5 Å². The molecular formula is C18H18Cl2N2O2. The lowest BCUT2D eigenvalue weighted by atomic mass is 10.1. The van der Waals surface area contributed by atoms with E-state index in [9.17, 15) is 4.79 Å². The number of carbonyl (C=O) groups is 1. The maximum Gasteiger partial charge on any atom is 0.255 e. The second kappa shape index (κ2) is 7.86. The molecule has 0 atom stereocenters. The molecule has 1 amide bonds. The summed E-state index contributed by atoms with van der Waals surface area (Å²) in [6.07, 6.45) is 6.59. The molecule has 1 aliphatic heterocycles. The predicted molar refractivity (Wildman–Crippen MR) is 94.8 cm³/mol. The Morgan fingerprint density at radius 2 is 1.83 bits per heavy atom. The van der Waals surface area contributed by atoms with Crippen molar-refractivity contribution in [2.75, 3.05) is 13.1 Å². The minimum absolute atomic E-state index is 0.0276. The minimum atomic E-state index is 0.0276. The van der Waals surface area contributed by atoms with Crippen molar-refractivity contribution in [3.8, 4) is 5.75 Å². The van der Waals surface area contributed by atoms with Gasteiger partial charge in [0.15, 0.2) is 5.75 Å². The summed E-state index contributed by atoms with van der Waals surface area (Å²) in [4.78, 5) is 18.6. The molecule has 0 radical (unpaired) electrons. The zero-order valence-electron chi connectivity index (χ0n) is 13.2. The summed E-state index contributed by atoms with van der Waals surface area (Å²) in [5, 5.41) is 0.909. The molecular weight excluding hydrogens is 347 g/mol. The number of para-hydroxylation sites is 1. The Kier molecular flexibility index (Phi) is 5.59.